The van der Waals surface area contributed by atoms with Crippen LogP contribution < -0.4 is 10.2 Å². The summed E-state index contributed by atoms with van der Waals surface area (Å²) in [6.07, 6.45) is 2.00. The zero-order chi connectivity index (χ0) is 14.2. The minimum Gasteiger partial charge on any atom is -0.319 e. The molecule has 0 saturated heterocycles. The van der Waals surface area contributed by atoms with Gasteiger partial charge in [-0.15, -0.1) is 0 Å². The summed E-state index contributed by atoms with van der Waals surface area (Å²) in [5.74, 6) is 0.244. The number of carbonyl (C=O) groups is 1. The fourth-order valence-corrected chi connectivity index (χ4v) is 2.73. The molecule has 0 heterocycles. The number of benzene rings is 1. The minimum absolute atomic E-state index is 0.158. The van der Waals surface area contributed by atoms with E-state index in [2.05, 4.69) is 38.2 Å². The highest BCUT2D eigenvalue weighted by atomic mass is 16.2. The van der Waals surface area contributed by atoms with Gasteiger partial charge in [-0.25, -0.2) is 0 Å². The van der Waals surface area contributed by atoms with Crippen LogP contribution in [0.25, 0.3) is 0 Å². The summed E-state index contributed by atoms with van der Waals surface area (Å²) >= 11 is 0. The lowest BCUT2D eigenvalue weighted by molar-refractivity contribution is -0.123. The third-order valence-electron chi connectivity index (χ3n) is 4.52. The van der Waals surface area contributed by atoms with Crippen molar-refractivity contribution in [3.05, 3.63) is 28.8 Å². The highest BCUT2D eigenvalue weighted by Crippen LogP contribution is 2.47. The molecule has 0 spiro atoms. The zero-order valence-corrected chi connectivity index (χ0v) is 12.6. The van der Waals surface area contributed by atoms with Crippen molar-refractivity contribution in [1.29, 1.82) is 0 Å². The molecule has 1 N–H and O–H groups in total. The highest BCUT2D eigenvalue weighted by molar-refractivity contribution is 5.99. The summed E-state index contributed by atoms with van der Waals surface area (Å²) < 4.78 is 0. The van der Waals surface area contributed by atoms with E-state index in [4.69, 9.17) is 0 Å². The number of nitrogens with zero attached hydrogens (tertiary/aromatic N) is 1. The Labute approximate surface area is 116 Å². The SMILES string of the molecule is CNCC1(C(=O)N(C)c2ccc(C)c(C)c2C)CC1. The van der Waals surface area contributed by atoms with E-state index in [9.17, 15) is 4.79 Å². The first-order valence-electron chi connectivity index (χ1n) is 6.92. The second-order valence-corrected chi connectivity index (χ2v) is 5.83. The van der Waals surface area contributed by atoms with Gasteiger partial charge in [0.15, 0.2) is 0 Å². The Morgan fingerprint density at radius 3 is 2.42 bits per heavy atom. The highest BCUT2D eigenvalue weighted by Gasteiger charge is 2.50. The van der Waals surface area contributed by atoms with Crippen LogP contribution in [0.3, 0.4) is 0 Å². The molecule has 1 saturated carbocycles. The standard InChI is InChI=1S/C16H24N2O/c1-11-6-7-14(13(3)12(11)2)18(5)15(19)16(8-9-16)10-17-4/h6-7,17H,8-10H2,1-5H3. The smallest absolute Gasteiger partial charge is 0.234 e. The van der Waals surface area contributed by atoms with Crippen LogP contribution in [0.1, 0.15) is 29.5 Å². The van der Waals surface area contributed by atoms with Crippen molar-refractivity contribution in [2.45, 2.75) is 33.6 Å². The Hall–Kier alpha value is -1.35. The van der Waals surface area contributed by atoms with Crippen LogP contribution in [0, 0.1) is 26.2 Å². The molecule has 1 aromatic rings. The molecule has 1 fully saturated rings. The van der Waals surface area contributed by atoms with Gasteiger partial charge in [0.05, 0.1) is 5.41 Å². The Balaban J connectivity index is 2.28. The van der Waals surface area contributed by atoms with Crippen LogP contribution in [0.2, 0.25) is 0 Å². The molecule has 19 heavy (non-hydrogen) atoms. The first kappa shape index (κ1) is 14.1. The Kier molecular flexibility index (Phi) is 3.68. The number of hydrogen-bond acceptors (Lipinski definition) is 2. The van der Waals surface area contributed by atoms with Crippen molar-refractivity contribution < 1.29 is 4.79 Å². The van der Waals surface area contributed by atoms with E-state index in [1.165, 1.54) is 16.7 Å². The van der Waals surface area contributed by atoms with Crippen molar-refractivity contribution in [2.75, 3.05) is 25.5 Å². The number of aryl methyl sites for hydroxylation is 1. The van der Waals surface area contributed by atoms with Crippen molar-refractivity contribution in [3.63, 3.8) is 0 Å². The van der Waals surface area contributed by atoms with E-state index in [0.29, 0.717) is 0 Å². The molecule has 1 amide bonds. The van der Waals surface area contributed by atoms with E-state index in [1.807, 2.05) is 19.0 Å². The van der Waals surface area contributed by atoms with E-state index in [1.54, 1.807) is 0 Å². The molecular formula is C16H24N2O. The van der Waals surface area contributed by atoms with Gasteiger partial charge in [0, 0.05) is 19.3 Å². The van der Waals surface area contributed by atoms with E-state index in [-0.39, 0.29) is 11.3 Å². The fraction of sp³-hybridized carbons (Fsp3) is 0.562. The number of carbonyl (C=O) groups excluding carboxylic acids is 1. The molecule has 1 aliphatic carbocycles. The number of nitrogens with one attached hydrogen (secondary N) is 1. The molecule has 2 rings (SSSR count). The summed E-state index contributed by atoms with van der Waals surface area (Å²) in [5.41, 5.74) is 4.63. The second-order valence-electron chi connectivity index (χ2n) is 5.83. The van der Waals surface area contributed by atoms with Crippen LogP contribution in [-0.4, -0.2) is 26.5 Å². The monoisotopic (exact) mass is 260 g/mol. The van der Waals surface area contributed by atoms with E-state index >= 15 is 0 Å². The molecule has 0 atom stereocenters. The van der Waals surface area contributed by atoms with Crippen LogP contribution >= 0.6 is 0 Å². The minimum atomic E-state index is -0.158. The summed E-state index contributed by atoms with van der Waals surface area (Å²) in [7, 11) is 3.81. The Morgan fingerprint density at radius 1 is 1.26 bits per heavy atom. The van der Waals surface area contributed by atoms with Crippen LogP contribution in [0.15, 0.2) is 12.1 Å². The molecule has 104 valence electrons. The molecular weight excluding hydrogens is 236 g/mol. The lowest BCUT2D eigenvalue weighted by Crippen LogP contribution is -2.39. The van der Waals surface area contributed by atoms with Crippen molar-refractivity contribution in [1.82, 2.24) is 5.32 Å². The predicted octanol–water partition coefficient (Wildman–Crippen LogP) is 2.57. The largest absolute Gasteiger partial charge is 0.319 e. The molecule has 3 heteroatoms. The topological polar surface area (TPSA) is 32.3 Å². The first-order valence-corrected chi connectivity index (χ1v) is 6.92. The number of amides is 1. The normalized spacial score (nSPS) is 16.3. The molecule has 0 aliphatic heterocycles. The number of hydrogen-bond donors (Lipinski definition) is 1. The summed E-state index contributed by atoms with van der Waals surface area (Å²) in [6, 6.07) is 4.16. The molecule has 1 aromatic carbocycles. The van der Waals surface area contributed by atoms with Crippen LogP contribution in [0.4, 0.5) is 5.69 Å². The summed E-state index contributed by atoms with van der Waals surface area (Å²) in [4.78, 5) is 14.5. The van der Waals surface area contributed by atoms with Gasteiger partial charge in [-0.1, -0.05) is 6.07 Å². The van der Waals surface area contributed by atoms with Crippen molar-refractivity contribution in [3.8, 4) is 0 Å². The van der Waals surface area contributed by atoms with E-state index in [0.717, 1.165) is 25.1 Å². The third-order valence-corrected chi connectivity index (χ3v) is 4.52. The fourth-order valence-electron chi connectivity index (χ4n) is 2.73. The average Bonchev–Trinajstić information content (AvgIpc) is 3.16. The molecule has 0 bridgehead atoms. The number of anilines is 1. The lowest BCUT2D eigenvalue weighted by atomic mass is 10.00. The van der Waals surface area contributed by atoms with Gasteiger partial charge in [0.2, 0.25) is 5.91 Å². The number of rotatable bonds is 4. The maximum atomic E-state index is 12.7. The predicted molar refractivity (Wildman–Crippen MR) is 79.7 cm³/mol. The van der Waals surface area contributed by atoms with Gasteiger partial charge in [-0.3, -0.25) is 4.79 Å². The molecule has 0 unspecified atom stereocenters. The maximum Gasteiger partial charge on any atom is 0.234 e. The molecule has 1 aliphatic rings. The summed E-state index contributed by atoms with van der Waals surface area (Å²) in [6.45, 7) is 7.10. The van der Waals surface area contributed by atoms with Gasteiger partial charge in [0.25, 0.3) is 0 Å². The average molecular weight is 260 g/mol. The molecule has 3 nitrogen and oxygen atoms in total. The van der Waals surface area contributed by atoms with Gasteiger partial charge in [0.1, 0.15) is 0 Å². The molecule has 0 aromatic heterocycles. The van der Waals surface area contributed by atoms with E-state index < -0.39 is 0 Å². The summed E-state index contributed by atoms with van der Waals surface area (Å²) in [5, 5.41) is 3.15. The Bertz CT molecular complexity index is 504. The first-order chi connectivity index (χ1) is 8.93. The van der Waals surface area contributed by atoms with Crippen molar-refractivity contribution >= 4 is 11.6 Å². The quantitative estimate of drug-likeness (QED) is 0.902. The zero-order valence-electron chi connectivity index (χ0n) is 12.6. The molecule has 0 radical (unpaired) electrons. The second kappa shape index (κ2) is 4.97. The third kappa shape index (κ3) is 2.39. The van der Waals surface area contributed by atoms with Gasteiger partial charge < -0.3 is 10.2 Å². The van der Waals surface area contributed by atoms with Crippen molar-refractivity contribution in [2.24, 2.45) is 5.41 Å². The Morgan fingerprint density at radius 2 is 1.89 bits per heavy atom. The van der Waals surface area contributed by atoms with Gasteiger partial charge in [-0.2, -0.15) is 0 Å². The maximum absolute atomic E-state index is 12.7. The lowest BCUT2D eigenvalue weighted by Gasteiger charge is -2.26. The van der Waals surface area contributed by atoms with Gasteiger partial charge in [-0.05, 0) is 63.4 Å². The van der Waals surface area contributed by atoms with Gasteiger partial charge >= 0.3 is 0 Å². The van der Waals surface area contributed by atoms with Crippen LogP contribution in [-0.2, 0) is 4.79 Å². The van der Waals surface area contributed by atoms with Crippen LogP contribution in [0.5, 0.6) is 0 Å².